The van der Waals surface area contributed by atoms with Crippen LogP contribution in [0.1, 0.15) is 0 Å². The fraction of sp³-hybridized carbons (Fsp3) is 0. The summed E-state index contributed by atoms with van der Waals surface area (Å²) in [5, 5.41) is 0. The summed E-state index contributed by atoms with van der Waals surface area (Å²) in [5.41, 5.74) is 10.8. The van der Waals surface area contributed by atoms with E-state index in [0.29, 0.717) is 0 Å². The van der Waals surface area contributed by atoms with Crippen LogP contribution in [0.25, 0.3) is 0 Å². The van der Waals surface area contributed by atoms with Crippen molar-refractivity contribution in [2.24, 2.45) is 5.73 Å². The fourth-order valence-corrected chi connectivity index (χ4v) is 0. The van der Waals surface area contributed by atoms with Crippen LogP contribution >= 0.6 is 0 Å². The van der Waals surface area contributed by atoms with E-state index in [9.17, 15) is 0 Å². The first kappa shape index (κ1) is 3.34. The molecular weight excluding hydrogens is 52.0 g/mol. The van der Waals surface area contributed by atoms with Crippen LogP contribution in [0.3, 0.4) is 0 Å². The Morgan fingerprint density at radius 3 is 2.00 bits per heavy atom. The lowest BCUT2D eigenvalue weighted by Crippen LogP contribution is -1.72. The number of nitrogens with two attached hydrogens (primary N) is 1. The van der Waals surface area contributed by atoms with E-state index < -0.39 is 0 Å². The molecule has 0 amide bonds. The molecule has 0 heterocycles. The van der Waals surface area contributed by atoms with Gasteiger partial charge in [0.25, 0.3) is 0 Å². The lowest BCUT2D eigenvalue weighted by Gasteiger charge is -1.53. The van der Waals surface area contributed by atoms with Crippen molar-refractivity contribution < 1.29 is 0 Å². The second-order valence-corrected chi connectivity index (χ2v) is 0.359. The number of hydrogen-bond acceptors (Lipinski definition) is 1. The van der Waals surface area contributed by atoms with Crippen molar-refractivity contribution in [3.8, 4) is 0 Å². The van der Waals surface area contributed by atoms with Gasteiger partial charge in [-0.15, -0.1) is 0 Å². The summed E-state index contributed by atoms with van der Waals surface area (Å²) in [4.78, 5) is 0. The minimum Gasteiger partial charge on any atom is -0.403 e. The summed E-state index contributed by atoms with van der Waals surface area (Å²) in [5.74, 6) is 0. The standard InChI is InChI=1S/C2H5N2/c3-1-2-4/h1-3H,4H2/b2-1-. The maximum Gasteiger partial charge on any atom is 0.0332 e. The highest BCUT2D eigenvalue weighted by Gasteiger charge is 1.33. The predicted octanol–water partition coefficient (Wildman–Crippen LogP) is -0.301. The second-order valence-electron chi connectivity index (χ2n) is 0.359. The lowest BCUT2D eigenvalue weighted by atomic mass is 11.0. The van der Waals surface area contributed by atoms with Gasteiger partial charge in [0, 0.05) is 12.4 Å². The third-order valence-electron chi connectivity index (χ3n) is 0.0962. The van der Waals surface area contributed by atoms with Crippen LogP contribution in [0, 0.1) is 0 Å². The van der Waals surface area contributed by atoms with Gasteiger partial charge in [0.2, 0.25) is 0 Å². The molecule has 0 aromatic carbocycles. The Kier molecular flexibility index (Phi) is 1.95. The zero-order chi connectivity index (χ0) is 3.41. The normalized spacial score (nSPS) is 9.00. The van der Waals surface area contributed by atoms with Gasteiger partial charge in [0.1, 0.15) is 0 Å². The van der Waals surface area contributed by atoms with Crippen molar-refractivity contribution in [2.45, 2.75) is 0 Å². The molecule has 2 heteroatoms. The molecule has 0 aliphatic carbocycles. The molecule has 0 fully saturated rings. The summed E-state index contributed by atoms with van der Waals surface area (Å²) >= 11 is 0. The molecular formula is C2H5N2. The number of hydrogen-bond donors (Lipinski definition) is 1. The number of nitrogens with one attached hydrogen (secondary N) is 1. The highest BCUT2D eigenvalue weighted by Crippen LogP contribution is 1.35. The molecule has 0 saturated heterocycles. The van der Waals surface area contributed by atoms with Gasteiger partial charge in [-0.2, -0.15) is 0 Å². The van der Waals surface area contributed by atoms with Crippen LogP contribution in [0.15, 0.2) is 12.4 Å². The molecule has 0 aromatic rings. The van der Waals surface area contributed by atoms with Crippen LogP contribution in [-0.4, -0.2) is 0 Å². The zero-order valence-electron chi connectivity index (χ0n) is 2.23. The highest BCUT2D eigenvalue weighted by atomic mass is 14.6. The van der Waals surface area contributed by atoms with Gasteiger partial charge in [-0.25, -0.2) is 0 Å². The SMILES string of the molecule is [NH]/C=C\N. The number of rotatable bonds is 0. The first-order valence-corrected chi connectivity index (χ1v) is 0.955. The molecule has 4 heavy (non-hydrogen) atoms. The van der Waals surface area contributed by atoms with E-state index in [4.69, 9.17) is 5.73 Å². The van der Waals surface area contributed by atoms with Crippen molar-refractivity contribution in [1.29, 1.82) is 0 Å². The molecule has 0 aliphatic heterocycles. The van der Waals surface area contributed by atoms with Gasteiger partial charge in [0.05, 0.1) is 0 Å². The van der Waals surface area contributed by atoms with E-state index >= 15 is 0 Å². The average molecular weight is 57.1 g/mol. The molecule has 0 rings (SSSR count). The highest BCUT2D eigenvalue weighted by molar-refractivity contribution is 4.63. The summed E-state index contributed by atoms with van der Waals surface area (Å²) in [7, 11) is 0. The average Bonchev–Trinajstić information content (AvgIpc) is 1.37. The fourth-order valence-electron chi connectivity index (χ4n) is 0. The van der Waals surface area contributed by atoms with E-state index in [1.54, 1.807) is 0 Å². The Balaban J connectivity index is 2.55. The Hall–Kier alpha value is -0.660. The van der Waals surface area contributed by atoms with E-state index in [1.807, 2.05) is 0 Å². The molecule has 0 atom stereocenters. The van der Waals surface area contributed by atoms with Crippen molar-refractivity contribution in [1.82, 2.24) is 5.73 Å². The quantitative estimate of drug-likeness (QED) is 0.407. The van der Waals surface area contributed by atoms with Gasteiger partial charge in [-0.1, -0.05) is 0 Å². The minimum absolute atomic E-state index is 1.03. The van der Waals surface area contributed by atoms with Crippen LogP contribution in [0.5, 0.6) is 0 Å². The van der Waals surface area contributed by atoms with E-state index in [0.717, 1.165) is 6.20 Å². The Bertz CT molecular complexity index is 19.2. The Labute approximate surface area is 25.1 Å². The Morgan fingerprint density at radius 1 is 1.75 bits per heavy atom. The van der Waals surface area contributed by atoms with Crippen molar-refractivity contribution in [3.63, 3.8) is 0 Å². The lowest BCUT2D eigenvalue weighted by molar-refractivity contribution is 1.45. The molecule has 0 aromatic heterocycles. The van der Waals surface area contributed by atoms with Crippen molar-refractivity contribution in [3.05, 3.63) is 12.4 Å². The smallest absolute Gasteiger partial charge is 0.0332 e. The molecule has 0 aliphatic rings. The second kappa shape index (κ2) is 2.34. The van der Waals surface area contributed by atoms with Crippen molar-refractivity contribution in [2.75, 3.05) is 0 Å². The van der Waals surface area contributed by atoms with E-state index in [-0.39, 0.29) is 0 Å². The summed E-state index contributed by atoms with van der Waals surface area (Å²) in [6.07, 6.45) is 2.19. The first-order valence-electron chi connectivity index (χ1n) is 0.955. The minimum atomic E-state index is 1.03. The molecule has 0 bridgehead atoms. The van der Waals surface area contributed by atoms with Gasteiger partial charge in [-0.3, -0.25) is 0 Å². The topological polar surface area (TPSA) is 49.8 Å². The van der Waals surface area contributed by atoms with Crippen LogP contribution < -0.4 is 11.5 Å². The summed E-state index contributed by atoms with van der Waals surface area (Å²) in [6, 6.07) is 0. The van der Waals surface area contributed by atoms with Crippen LogP contribution in [0.2, 0.25) is 0 Å². The van der Waals surface area contributed by atoms with E-state index in [1.165, 1.54) is 6.20 Å². The molecule has 3 N–H and O–H groups in total. The summed E-state index contributed by atoms with van der Waals surface area (Å²) in [6.45, 7) is 0. The maximum absolute atomic E-state index is 6.15. The molecule has 23 valence electrons. The molecule has 2 nitrogen and oxygen atoms in total. The maximum atomic E-state index is 6.15. The zero-order valence-corrected chi connectivity index (χ0v) is 2.23. The predicted molar refractivity (Wildman–Crippen MR) is 16.4 cm³/mol. The third kappa shape index (κ3) is 1.34. The van der Waals surface area contributed by atoms with Gasteiger partial charge in [-0.05, 0) is 0 Å². The first-order chi connectivity index (χ1) is 1.91. The monoisotopic (exact) mass is 57.0 g/mol. The van der Waals surface area contributed by atoms with Crippen LogP contribution in [-0.2, 0) is 0 Å². The van der Waals surface area contributed by atoms with Gasteiger partial charge >= 0.3 is 0 Å². The largest absolute Gasteiger partial charge is 0.403 e. The van der Waals surface area contributed by atoms with Crippen molar-refractivity contribution >= 4 is 0 Å². The van der Waals surface area contributed by atoms with Crippen LogP contribution in [0.4, 0.5) is 0 Å². The molecule has 0 spiro atoms. The Morgan fingerprint density at radius 2 is 2.00 bits per heavy atom. The summed E-state index contributed by atoms with van der Waals surface area (Å²) < 4.78 is 0. The molecule has 0 saturated carbocycles. The molecule has 1 radical (unpaired) electrons. The van der Waals surface area contributed by atoms with Gasteiger partial charge < -0.3 is 11.5 Å². The third-order valence-corrected chi connectivity index (χ3v) is 0.0962. The van der Waals surface area contributed by atoms with Gasteiger partial charge in [0.15, 0.2) is 0 Å². The van der Waals surface area contributed by atoms with E-state index in [2.05, 4.69) is 5.73 Å². The molecule has 0 unspecified atom stereocenters.